The summed E-state index contributed by atoms with van der Waals surface area (Å²) in [4.78, 5) is 1.88. The Morgan fingerprint density at radius 3 is 2.60 bits per heavy atom. The van der Waals surface area contributed by atoms with E-state index in [2.05, 4.69) is 5.32 Å². The van der Waals surface area contributed by atoms with E-state index in [9.17, 15) is 4.39 Å². The summed E-state index contributed by atoms with van der Waals surface area (Å²) >= 11 is 5.96. The maximum absolute atomic E-state index is 14.1. The van der Waals surface area contributed by atoms with E-state index in [1.807, 2.05) is 55.4 Å². The van der Waals surface area contributed by atoms with Crippen molar-refractivity contribution in [1.29, 1.82) is 0 Å². The zero-order valence-electron chi connectivity index (χ0n) is 11.7. The molecule has 2 aromatic carbocycles. The third-order valence-electron chi connectivity index (χ3n) is 3.11. The van der Waals surface area contributed by atoms with Gasteiger partial charge in [0.25, 0.3) is 0 Å². The van der Waals surface area contributed by atoms with E-state index in [0.717, 1.165) is 11.1 Å². The fraction of sp³-hybridized carbons (Fsp3) is 0.250. The summed E-state index contributed by atoms with van der Waals surface area (Å²) in [5.74, 6) is -0.206. The van der Waals surface area contributed by atoms with Crippen molar-refractivity contribution in [1.82, 2.24) is 5.32 Å². The summed E-state index contributed by atoms with van der Waals surface area (Å²) in [6.45, 7) is 1.28. The Hall–Kier alpha value is -1.58. The maximum Gasteiger partial charge on any atom is 0.146 e. The first-order valence-corrected chi connectivity index (χ1v) is 6.86. The minimum absolute atomic E-state index is 0.206. The average Bonchev–Trinajstić information content (AvgIpc) is 2.39. The lowest BCUT2D eigenvalue weighted by Crippen LogP contribution is -2.18. The van der Waals surface area contributed by atoms with Crippen molar-refractivity contribution in [3.63, 3.8) is 0 Å². The molecule has 0 radical (unpaired) electrons. The molecule has 4 heteroatoms. The van der Waals surface area contributed by atoms with Gasteiger partial charge in [-0.25, -0.2) is 4.39 Å². The predicted molar refractivity (Wildman–Crippen MR) is 82.7 cm³/mol. The summed E-state index contributed by atoms with van der Waals surface area (Å²) in [6.07, 6.45) is 0. The number of anilines is 1. The van der Waals surface area contributed by atoms with E-state index < -0.39 is 0 Å². The highest BCUT2D eigenvalue weighted by Crippen LogP contribution is 2.22. The molecule has 0 saturated heterocycles. The molecule has 0 aliphatic heterocycles. The van der Waals surface area contributed by atoms with Crippen molar-refractivity contribution in [3.05, 3.63) is 64.4 Å². The van der Waals surface area contributed by atoms with Gasteiger partial charge in [-0.2, -0.15) is 0 Å². The summed E-state index contributed by atoms with van der Waals surface area (Å²) in [7, 11) is 3.72. The van der Waals surface area contributed by atoms with Crippen molar-refractivity contribution < 1.29 is 4.39 Å². The third-order valence-corrected chi connectivity index (χ3v) is 3.35. The lowest BCUT2D eigenvalue weighted by atomic mass is 10.1. The van der Waals surface area contributed by atoms with Gasteiger partial charge in [0.15, 0.2) is 0 Å². The minimum atomic E-state index is -0.206. The monoisotopic (exact) mass is 292 g/mol. The first kappa shape index (κ1) is 14.8. The molecule has 0 bridgehead atoms. The van der Waals surface area contributed by atoms with Crippen LogP contribution in [-0.2, 0) is 13.1 Å². The Kier molecular flexibility index (Phi) is 4.99. The van der Waals surface area contributed by atoms with Gasteiger partial charge in [0, 0.05) is 25.2 Å². The average molecular weight is 293 g/mol. The largest absolute Gasteiger partial charge is 0.368 e. The third kappa shape index (κ3) is 3.71. The van der Waals surface area contributed by atoms with E-state index in [-0.39, 0.29) is 5.82 Å². The smallest absolute Gasteiger partial charge is 0.146 e. The molecule has 0 saturated carbocycles. The fourth-order valence-electron chi connectivity index (χ4n) is 2.17. The van der Waals surface area contributed by atoms with Crippen LogP contribution in [0.4, 0.5) is 10.1 Å². The number of nitrogens with one attached hydrogen (secondary N) is 1. The highest BCUT2D eigenvalue weighted by atomic mass is 35.5. The highest BCUT2D eigenvalue weighted by molar-refractivity contribution is 6.30. The molecule has 2 rings (SSSR count). The Morgan fingerprint density at radius 2 is 1.95 bits per heavy atom. The minimum Gasteiger partial charge on any atom is -0.368 e. The topological polar surface area (TPSA) is 15.3 Å². The number of benzene rings is 2. The predicted octanol–water partition coefficient (Wildman–Crippen LogP) is 3.83. The molecule has 0 aromatic heterocycles. The number of halogens is 2. The molecule has 0 unspecified atom stereocenters. The van der Waals surface area contributed by atoms with Crippen LogP contribution in [0, 0.1) is 5.82 Å². The van der Waals surface area contributed by atoms with E-state index in [1.54, 1.807) is 6.07 Å². The fourth-order valence-corrected chi connectivity index (χ4v) is 2.38. The van der Waals surface area contributed by atoms with Crippen molar-refractivity contribution in [2.45, 2.75) is 13.1 Å². The van der Waals surface area contributed by atoms with Gasteiger partial charge in [-0.05, 0) is 42.4 Å². The normalized spacial score (nSPS) is 10.6. The summed E-state index contributed by atoms with van der Waals surface area (Å²) in [5, 5.41) is 3.71. The van der Waals surface area contributed by atoms with Crippen LogP contribution in [0.2, 0.25) is 5.02 Å². The van der Waals surface area contributed by atoms with E-state index >= 15 is 0 Å². The zero-order valence-corrected chi connectivity index (χ0v) is 12.4. The van der Waals surface area contributed by atoms with Gasteiger partial charge in [-0.15, -0.1) is 0 Å². The SMILES string of the molecule is CNCc1ccc(N(C)Cc2cccc(Cl)c2)c(F)c1. The molecule has 1 N–H and O–H groups in total. The number of rotatable bonds is 5. The van der Waals surface area contributed by atoms with Gasteiger partial charge in [0.05, 0.1) is 5.69 Å². The number of hydrogen-bond acceptors (Lipinski definition) is 2. The van der Waals surface area contributed by atoms with E-state index in [0.29, 0.717) is 23.8 Å². The molecule has 0 amide bonds. The van der Waals surface area contributed by atoms with Crippen molar-refractivity contribution in [3.8, 4) is 0 Å². The van der Waals surface area contributed by atoms with Crippen LogP contribution in [0.1, 0.15) is 11.1 Å². The van der Waals surface area contributed by atoms with Crippen molar-refractivity contribution in [2.75, 3.05) is 19.0 Å². The molecule has 106 valence electrons. The maximum atomic E-state index is 14.1. The Bertz CT molecular complexity index is 586. The second-order valence-corrected chi connectivity index (χ2v) is 5.24. The molecule has 0 heterocycles. The lowest BCUT2D eigenvalue weighted by molar-refractivity contribution is 0.618. The van der Waals surface area contributed by atoms with Gasteiger partial charge < -0.3 is 10.2 Å². The van der Waals surface area contributed by atoms with Gasteiger partial charge in [-0.1, -0.05) is 29.8 Å². The highest BCUT2D eigenvalue weighted by Gasteiger charge is 2.09. The zero-order chi connectivity index (χ0) is 14.5. The van der Waals surface area contributed by atoms with Gasteiger partial charge in [-0.3, -0.25) is 0 Å². The van der Waals surface area contributed by atoms with Crippen molar-refractivity contribution in [2.24, 2.45) is 0 Å². The molecule has 0 aliphatic rings. The van der Waals surface area contributed by atoms with Crippen LogP contribution < -0.4 is 10.2 Å². The first-order chi connectivity index (χ1) is 9.60. The Morgan fingerprint density at radius 1 is 1.15 bits per heavy atom. The molecular formula is C16H18ClFN2. The lowest BCUT2D eigenvalue weighted by Gasteiger charge is -2.20. The molecule has 0 aliphatic carbocycles. The summed E-state index contributed by atoms with van der Waals surface area (Å²) in [5.41, 5.74) is 2.58. The molecule has 2 aromatic rings. The number of hydrogen-bond donors (Lipinski definition) is 1. The van der Waals surface area contributed by atoms with Gasteiger partial charge in [0.1, 0.15) is 5.82 Å². The van der Waals surface area contributed by atoms with Crippen LogP contribution in [-0.4, -0.2) is 14.1 Å². The molecule has 20 heavy (non-hydrogen) atoms. The van der Waals surface area contributed by atoms with Crippen molar-refractivity contribution >= 4 is 17.3 Å². The van der Waals surface area contributed by atoms with E-state index in [4.69, 9.17) is 11.6 Å². The second kappa shape index (κ2) is 6.73. The van der Waals surface area contributed by atoms with Crippen LogP contribution in [0.3, 0.4) is 0 Å². The Labute approximate surface area is 124 Å². The molecule has 0 spiro atoms. The van der Waals surface area contributed by atoms with Crippen LogP contribution in [0.25, 0.3) is 0 Å². The van der Waals surface area contributed by atoms with E-state index in [1.165, 1.54) is 0 Å². The summed E-state index contributed by atoms with van der Waals surface area (Å²) in [6, 6.07) is 12.9. The quantitative estimate of drug-likeness (QED) is 0.901. The van der Waals surface area contributed by atoms with Gasteiger partial charge >= 0.3 is 0 Å². The Balaban J connectivity index is 2.14. The summed E-state index contributed by atoms with van der Waals surface area (Å²) < 4.78 is 14.1. The second-order valence-electron chi connectivity index (χ2n) is 4.80. The molecule has 2 nitrogen and oxygen atoms in total. The first-order valence-electron chi connectivity index (χ1n) is 6.49. The number of nitrogens with zero attached hydrogens (tertiary/aromatic N) is 1. The van der Waals surface area contributed by atoms with Gasteiger partial charge in [0.2, 0.25) is 0 Å². The standard InChI is InChI=1S/C16H18ClFN2/c1-19-10-12-6-7-16(15(18)9-12)20(2)11-13-4-3-5-14(17)8-13/h3-9,19H,10-11H2,1-2H3. The molecular weight excluding hydrogens is 275 g/mol. The van der Waals surface area contributed by atoms with Crippen LogP contribution >= 0.6 is 11.6 Å². The van der Waals surface area contributed by atoms with Crippen LogP contribution in [0.15, 0.2) is 42.5 Å². The molecule has 0 atom stereocenters. The molecule has 0 fully saturated rings. The van der Waals surface area contributed by atoms with Crippen LogP contribution in [0.5, 0.6) is 0 Å².